The lowest BCUT2D eigenvalue weighted by atomic mass is 10.1. The van der Waals surface area contributed by atoms with E-state index in [2.05, 4.69) is 23.3 Å². The monoisotopic (exact) mass is 304 g/mol. The highest BCUT2D eigenvalue weighted by atomic mass is 35.5. The minimum atomic E-state index is 0.693. The van der Waals surface area contributed by atoms with E-state index in [0.29, 0.717) is 6.04 Å². The van der Waals surface area contributed by atoms with Crippen LogP contribution in [-0.2, 0) is 13.1 Å². The summed E-state index contributed by atoms with van der Waals surface area (Å²) in [5.41, 5.74) is 3.55. The van der Waals surface area contributed by atoms with Gasteiger partial charge in [-0.15, -0.1) is 0 Å². The highest BCUT2D eigenvalue weighted by molar-refractivity contribution is 6.33. The molecular formula is C17H21ClN2O. The normalized spacial score (nSPS) is 14.4. The zero-order valence-electron chi connectivity index (χ0n) is 12.5. The van der Waals surface area contributed by atoms with Crippen molar-refractivity contribution in [2.45, 2.75) is 38.9 Å². The van der Waals surface area contributed by atoms with Crippen molar-refractivity contribution < 1.29 is 4.42 Å². The van der Waals surface area contributed by atoms with Crippen LogP contribution in [0.2, 0.25) is 5.02 Å². The molecule has 1 aliphatic rings. The van der Waals surface area contributed by atoms with Crippen molar-refractivity contribution in [2.75, 3.05) is 11.9 Å². The zero-order chi connectivity index (χ0) is 14.8. The van der Waals surface area contributed by atoms with Crippen LogP contribution < -0.4 is 10.2 Å². The largest absolute Gasteiger partial charge is 0.469 e. The molecule has 3 nitrogen and oxygen atoms in total. The molecule has 3 rings (SSSR count). The first kappa shape index (κ1) is 14.5. The molecule has 0 bridgehead atoms. The lowest BCUT2D eigenvalue weighted by molar-refractivity contribution is 0.529. The van der Waals surface area contributed by atoms with Crippen molar-refractivity contribution in [3.8, 4) is 0 Å². The van der Waals surface area contributed by atoms with Crippen LogP contribution in [0.1, 0.15) is 29.7 Å². The number of para-hydroxylation sites is 1. The smallest absolute Gasteiger partial charge is 0.105 e. The number of rotatable bonds is 6. The van der Waals surface area contributed by atoms with E-state index in [0.717, 1.165) is 29.6 Å². The molecule has 1 fully saturated rings. The predicted molar refractivity (Wildman–Crippen MR) is 86.9 cm³/mol. The third kappa shape index (κ3) is 3.42. The first-order valence-corrected chi connectivity index (χ1v) is 7.78. The molecule has 1 aliphatic carbocycles. The van der Waals surface area contributed by atoms with Crippen molar-refractivity contribution >= 4 is 17.3 Å². The summed E-state index contributed by atoms with van der Waals surface area (Å²) in [7, 11) is 2.08. The molecule has 0 radical (unpaired) electrons. The Hall–Kier alpha value is -1.45. The number of hydrogen-bond donors (Lipinski definition) is 1. The SMILES string of the molecule is Cc1occc1CN(C)c1c(Cl)cccc1CNC1CC1. The molecule has 1 saturated carbocycles. The van der Waals surface area contributed by atoms with Gasteiger partial charge < -0.3 is 14.6 Å². The lowest BCUT2D eigenvalue weighted by Gasteiger charge is -2.24. The minimum absolute atomic E-state index is 0.693. The molecular weight excluding hydrogens is 284 g/mol. The van der Waals surface area contributed by atoms with Gasteiger partial charge in [0.2, 0.25) is 0 Å². The number of benzene rings is 1. The molecule has 1 aromatic heterocycles. The summed E-state index contributed by atoms with van der Waals surface area (Å²) in [4.78, 5) is 2.20. The van der Waals surface area contributed by atoms with Gasteiger partial charge in [0.15, 0.2) is 0 Å². The number of furan rings is 1. The summed E-state index contributed by atoms with van der Waals surface area (Å²) in [6.07, 6.45) is 4.32. The molecule has 0 spiro atoms. The van der Waals surface area contributed by atoms with E-state index in [1.807, 2.05) is 25.1 Å². The molecule has 4 heteroatoms. The standard InChI is InChI=1S/C17H21ClN2O/c1-12-14(8-9-21-12)11-20(2)17-13(4-3-5-16(17)18)10-19-15-6-7-15/h3-5,8-9,15,19H,6-7,10-11H2,1-2H3. The number of halogens is 1. The van der Waals surface area contributed by atoms with Crippen LogP contribution in [-0.4, -0.2) is 13.1 Å². The predicted octanol–water partition coefficient (Wildman–Crippen LogP) is 4.13. The van der Waals surface area contributed by atoms with Gasteiger partial charge in [0.1, 0.15) is 5.76 Å². The zero-order valence-corrected chi connectivity index (χ0v) is 13.3. The van der Waals surface area contributed by atoms with Crippen LogP contribution in [0.4, 0.5) is 5.69 Å². The second-order valence-corrected chi connectivity index (χ2v) is 6.17. The van der Waals surface area contributed by atoms with E-state index in [4.69, 9.17) is 16.0 Å². The van der Waals surface area contributed by atoms with E-state index in [-0.39, 0.29) is 0 Å². The highest BCUT2D eigenvalue weighted by Crippen LogP contribution is 2.31. The first-order valence-electron chi connectivity index (χ1n) is 7.40. The quantitative estimate of drug-likeness (QED) is 0.870. The van der Waals surface area contributed by atoms with Crippen molar-refractivity contribution in [3.63, 3.8) is 0 Å². The average Bonchev–Trinajstić information content (AvgIpc) is 3.20. The fourth-order valence-corrected chi connectivity index (χ4v) is 2.92. The van der Waals surface area contributed by atoms with Gasteiger partial charge in [0.25, 0.3) is 0 Å². The Bertz CT molecular complexity index is 619. The van der Waals surface area contributed by atoms with Crippen LogP contribution in [0.15, 0.2) is 34.9 Å². The molecule has 0 amide bonds. The minimum Gasteiger partial charge on any atom is -0.469 e. The van der Waals surface area contributed by atoms with Gasteiger partial charge in [0, 0.05) is 31.7 Å². The van der Waals surface area contributed by atoms with Crippen LogP contribution in [0.25, 0.3) is 0 Å². The molecule has 0 atom stereocenters. The summed E-state index contributed by atoms with van der Waals surface area (Å²) in [5, 5.41) is 4.36. The Balaban J connectivity index is 1.79. The summed E-state index contributed by atoms with van der Waals surface area (Å²) < 4.78 is 5.38. The highest BCUT2D eigenvalue weighted by Gasteiger charge is 2.21. The van der Waals surface area contributed by atoms with Gasteiger partial charge in [-0.05, 0) is 37.5 Å². The Morgan fingerprint density at radius 1 is 1.29 bits per heavy atom. The van der Waals surface area contributed by atoms with Crippen LogP contribution in [0.5, 0.6) is 0 Å². The van der Waals surface area contributed by atoms with Gasteiger partial charge in [-0.25, -0.2) is 0 Å². The first-order chi connectivity index (χ1) is 10.1. The Kier molecular flexibility index (Phi) is 4.22. The molecule has 0 unspecified atom stereocenters. The molecule has 1 aromatic carbocycles. The van der Waals surface area contributed by atoms with E-state index in [9.17, 15) is 0 Å². The second kappa shape index (κ2) is 6.12. The number of nitrogens with zero attached hydrogens (tertiary/aromatic N) is 1. The van der Waals surface area contributed by atoms with Gasteiger partial charge in [0.05, 0.1) is 17.0 Å². The maximum Gasteiger partial charge on any atom is 0.105 e. The second-order valence-electron chi connectivity index (χ2n) is 5.76. The van der Waals surface area contributed by atoms with Gasteiger partial charge in [-0.1, -0.05) is 23.7 Å². The molecule has 2 aromatic rings. The summed E-state index contributed by atoms with van der Waals surface area (Å²) in [5.74, 6) is 0.964. The Morgan fingerprint density at radius 2 is 2.10 bits per heavy atom. The van der Waals surface area contributed by atoms with Gasteiger partial charge in [-0.3, -0.25) is 0 Å². The van der Waals surface area contributed by atoms with E-state index < -0.39 is 0 Å². The maximum absolute atomic E-state index is 6.44. The summed E-state index contributed by atoms with van der Waals surface area (Å²) in [6, 6.07) is 8.83. The molecule has 1 N–H and O–H groups in total. The van der Waals surface area contributed by atoms with Gasteiger partial charge >= 0.3 is 0 Å². The molecule has 112 valence electrons. The third-order valence-electron chi connectivity index (χ3n) is 3.98. The van der Waals surface area contributed by atoms with Crippen molar-refractivity contribution in [1.82, 2.24) is 5.32 Å². The van der Waals surface area contributed by atoms with Crippen molar-refractivity contribution in [3.05, 3.63) is 52.4 Å². The van der Waals surface area contributed by atoms with E-state index in [1.54, 1.807) is 6.26 Å². The molecule has 1 heterocycles. The number of nitrogens with one attached hydrogen (secondary N) is 1. The number of anilines is 1. The van der Waals surface area contributed by atoms with Crippen LogP contribution in [0, 0.1) is 6.92 Å². The summed E-state index contributed by atoms with van der Waals surface area (Å²) >= 11 is 6.44. The van der Waals surface area contributed by atoms with Crippen LogP contribution in [0.3, 0.4) is 0 Å². The fraction of sp³-hybridized carbons (Fsp3) is 0.412. The number of aryl methyl sites for hydroxylation is 1. The van der Waals surface area contributed by atoms with Crippen molar-refractivity contribution in [2.24, 2.45) is 0 Å². The maximum atomic E-state index is 6.44. The lowest BCUT2D eigenvalue weighted by Crippen LogP contribution is -2.22. The molecule has 0 aliphatic heterocycles. The summed E-state index contributed by atoms with van der Waals surface area (Å²) in [6.45, 7) is 3.66. The van der Waals surface area contributed by atoms with E-state index >= 15 is 0 Å². The van der Waals surface area contributed by atoms with Crippen LogP contribution >= 0.6 is 11.6 Å². The Morgan fingerprint density at radius 3 is 2.76 bits per heavy atom. The molecule has 0 saturated heterocycles. The van der Waals surface area contributed by atoms with E-state index in [1.165, 1.54) is 24.0 Å². The average molecular weight is 305 g/mol. The molecule has 21 heavy (non-hydrogen) atoms. The van der Waals surface area contributed by atoms with Gasteiger partial charge in [-0.2, -0.15) is 0 Å². The fourth-order valence-electron chi connectivity index (χ4n) is 2.58. The Labute approximate surface area is 130 Å². The van der Waals surface area contributed by atoms with Crippen molar-refractivity contribution in [1.29, 1.82) is 0 Å². The topological polar surface area (TPSA) is 28.4 Å². The third-order valence-corrected chi connectivity index (χ3v) is 4.29. The number of hydrogen-bond acceptors (Lipinski definition) is 3.